The lowest BCUT2D eigenvalue weighted by Crippen LogP contribution is -2.20. The van der Waals surface area contributed by atoms with Crippen LogP contribution in [0.5, 0.6) is 0 Å². The van der Waals surface area contributed by atoms with Crippen molar-refractivity contribution in [1.29, 1.82) is 5.26 Å². The van der Waals surface area contributed by atoms with Crippen LogP contribution >= 0.6 is 0 Å². The monoisotopic (exact) mass is 441 g/mol. The van der Waals surface area contributed by atoms with Gasteiger partial charge in [0.15, 0.2) is 5.65 Å². The summed E-state index contributed by atoms with van der Waals surface area (Å²) in [5.74, 6) is 0.313. The van der Waals surface area contributed by atoms with Gasteiger partial charge in [0.05, 0.1) is 29.1 Å². The molecule has 2 radical (unpaired) electrons. The van der Waals surface area contributed by atoms with Gasteiger partial charge in [-0.15, -0.1) is 0 Å². The first-order valence-electron chi connectivity index (χ1n) is 10.7. The molecular weight excluding hydrogens is 421 g/mol. The van der Waals surface area contributed by atoms with Crippen molar-refractivity contribution in [2.75, 3.05) is 5.73 Å². The average molecular weight is 441 g/mol. The molecule has 5 aromatic rings. The van der Waals surface area contributed by atoms with E-state index in [2.05, 4.69) is 21.1 Å². The number of benzene rings is 1. The molecule has 0 unspecified atom stereocenters. The molecule has 0 atom stereocenters. The summed E-state index contributed by atoms with van der Waals surface area (Å²) in [4.78, 5) is 13.6. The van der Waals surface area contributed by atoms with Crippen LogP contribution in [0.1, 0.15) is 19.4 Å². The van der Waals surface area contributed by atoms with Crippen molar-refractivity contribution in [3.63, 3.8) is 0 Å². The fraction of sp³-hybridized carbons (Fsp3) is 0.115. The minimum absolute atomic E-state index is 0.313. The molecule has 0 bridgehead atoms. The number of aromatic nitrogens is 5. The van der Waals surface area contributed by atoms with E-state index in [-0.39, 0.29) is 0 Å². The van der Waals surface area contributed by atoms with E-state index in [9.17, 15) is 5.26 Å². The predicted molar refractivity (Wildman–Crippen MR) is 133 cm³/mol. The van der Waals surface area contributed by atoms with Gasteiger partial charge in [-0.1, -0.05) is 30.3 Å². The van der Waals surface area contributed by atoms with Crippen LogP contribution in [-0.2, 0) is 5.41 Å². The van der Waals surface area contributed by atoms with Gasteiger partial charge in [-0.05, 0) is 48.6 Å². The average Bonchev–Trinajstić information content (AvgIpc) is 3.31. The molecule has 7 nitrogen and oxygen atoms in total. The van der Waals surface area contributed by atoms with Crippen molar-refractivity contribution in [2.24, 2.45) is 0 Å². The van der Waals surface area contributed by atoms with E-state index in [0.29, 0.717) is 22.6 Å². The first-order chi connectivity index (χ1) is 16.4. The summed E-state index contributed by atoms with van der Waals surface area (Å²) in [7, 11) is 6.34. The molecule has 34 heavy (non-hydrogen) atoms. The van der Waals surface area contributed by atoms with Gasteiger partial charge in [0.1, 0.15) is 13.7 Å². The van der Waals surface area contributed by atoms with Crippen molar-refractivity contribution in [1.82, 2.24) is 24.6 Å². The molecule has 0 amide bonds. The first kappa shape index (κ1) is 21.3. The number of fused-ring (bicyclic) bond motifs is 1. The topological polar surface area (TPSA) is 106 Å². The van der Waals surface area contributed by atoms with Crippen molar-refractivity contribution in [3.05, 3.63) is 78.9 Å². The summed E-state index contributed by atoms with van der Waals surface area (Å²) in [6.45, 7) is 3.76. The Balaban J connectivity index is 1.58. The normalized spacial score (nSPS) is 11.4. The molecule has 0 aliphatic heterocycles. The number of nitrogen functional groups attached to an aromatic ring is 1. The Labute approximate surface area is 198 Å². The number of hydrogen-bond acceptors (Lipinski definition) is 6. The van der Waals surface area contributed by atoms with E-state index in [1.807, 2.05) is 62.4 Å². The number of nitrogens with zero attached hydrogens (tertiary/aromatic N) is 6. The lowest BCUT2D eigenvalue weighted by molar-refractivity contribution is 0.687. The summed E-state index contributed by atoms with van der Waals surface area (Å²) in [5, 5.41) is 13.8. The summed E-state index contributed by atoms with van der Waals surface area (Å²) in [6.07, 6.45) is 7.00. The van der Waals surface area contributed by atoms with Crippen LogP contribution in [0, 0.1) is 11.3 Å². The minimum Gasteiger partial charge on any atom is -0.384 e. The molecule has 1 aromatic carbocycles. The van der Waals surface area contributed by atoms with E-state index >= 15 is 0 Å². The Morgan fingerprint density at radius 1 is 0.971 bits per heavy atom. The Hall–Kier alpha value is -4.51. The van der Waals surface area contributed by atoms with Crippen LogP contribution in [0.2, 0.25) is 0 Å². The fourth-order valence-corrected chi connectivity index (χ4v) is 3.80. The van der Waals surface area contributed by atoms with Crippen molar-refractivity contribution in [2.45, 2.75) is 19.3 Å². The van der Waals surface area contributed by atoms with E-state index in [1.54, 1.807) is 24.8 Å². The molecule has 0 spiro atoms. The SMILES string of the molecule is [B]c1c(-c2ccc(C(C)(C)C#N)cc2)nc2c(-c3ccc(-c4cccnc4)nc3)cnn2c1N. The number of anilines is 1. The smallest absolute Gasteiger partial charge is 0.165 e. The van der Waals surface area contributed by atoms with Crippen LogP contribution in [0.15, 0.2) is 73.3 Å². The molecule has 5 rings (SSSR count). The van der Waals surface area contributed by atoms with Gasteiger partial charge in [-0.25, -0.2) is 4.98 Å². The van der Waals surface area contributed by atoms with E-state index in [4.69, 9.17) is 18.6 Å². The zero-order chi connectivity index (χ0) is 23.9. The standard InChI is InChI=1S/C26H20BN7/c1-26(2,15-28)19-8-5-16(6-9-19)23-22(27)24(29)34-25(33-23)20(14-32-34)17-7-10-21(31-13-17)18-4-3-11-30-12-18/h3-14H,29H2,1-2H3. The Bertz CT molecular complexity index is 1530. The Morgan fingerprint density at radius 3 is 2.38 bits per heavy atom. The molecule has 162 valence electrons. The van der Waals surface area contributed by atoms with E-state index in [1.165, 1.54) is 4.52 Å². The maximum Gasteiger partial charge on any atom is 0.165 e. The second kappa shape index (κ2) is 8.12. The second-order valence-electron chi connectivity index (χ2n) is 8.54. The molecule has 0 aliphatic rings. The number of rotatable bonds is 4. The van der Waals surface area contributed by atoms with Crippen LogP contribution in [0.3, 0.4) is 0 Å². The van der Waals surface area contributed by atoms with E-state index < -0.39 is 5.41 Å². The zero-order valence-electron chi connectivity index (χ0n) is 18.8. The van der Waals surface area contributed by atoms with Gasteiger partial charge in [0, 0.05) is 35.3 Å². The number of hydrogen-bond donors (Lipinski definition) is 1. The number of nitriles is 1. The van der Waals surface area contributed by atoms with Gasteiger partial charge < -0.3 is 5.73 Å². The molecule has 4 heterocycles. The molecule has 4 aromatic heterocycles. The fourth-order valence-electron chi connectivity index (χ4n) is 3.80. The highest BCUT2D eigenvalue weighted by Crippen LogP contribution is 2.29. The van der Waals surface area contributed by atoms with Crippen LogP contribution < -0.4 is 11.2 Å². The van der Waals surface area contributed by atoms with Crippen molar-refractivity contribution < 1.29 is 0 Å². The molecular formula is C26H20BN7. The predicted octanol–water partition coefficient (Wildman–Crippen LogP) is 3.70. The third kappa shape index (κ3) is 3.57. The number of nitrogens with two attached hydrogens (primary N) is 1. The summed E-state index contributed by atoms with van der Waals surface area (Å²) in [6, 6.07) is 17.7. The molecule has 8 heteroatoms. The van der Waals surface area contributed by atoms with Gasteiger partial charge in [0.2, 0.25) is 0 Å². The second-order valence-corrected chi connectivity index (χ2v) is 8.54. The molecule has 0 aliphatic carbocycles. The summed E-state index contributed by atoms with van der Waals surface area (Å²) < 4.78 is 1.54. The Morgan fingerprint density at radius 2 is 1.74 bits per heavy atom. The quantitative estimate of drug-likeness (QED) is 0.427. The van der Waals surface area contributed by atoms with E-state index in [0.717, 1.165) is 33.5 Å². The van der Waals surface area contributed by atoms with Crippen molar-refractivity contribution in [3.8, 4) is 39.7 Å². The van der Waals surface area contributed by atoms with Crippen LogP contribution in [0.4, 0.5) is 5.82 Å². The minimum atomic E-state index is -0.589. The zero-order valence-corrected chi connectivity index (χ0v) is 18.8. The maximum atomic E-state index is 9.41. The van der Waals surface area contributed by atoms with Crippen LogP contribution in [0.25, 0.3) is 39.3 Å². The highest BCUT2D eigenvalue weighted by Gasteiger charge is 2.20. The largest absolute Gasteiger partial charge is 0.384 e. The van der Waals surface area contributed by atoms with Gasteiger partial charge >= 0.3 is 0 Å². The van der Waals surface area contributed by atoms with Crippen molar-refractivity contribution >= 4 is 24.8 Å². The highest BCUT2D eigenvalue weighted by molar-refractivity contribution is 6.38. The molecule has 0 saturated carbocycles. The molecule has 0 saturated heterocycles. The summed E-state index contributed by atoms with van der Waals surface area (Å²) in [5.41, 5.74) is 12.4. The first-order valence-corrected chi connectivity index (χ1v) is 10.7. The maximum absolute atomic E-state index is 9.41. The third-order valence-electron chi connectivity index (χ3n) is 5.91. The molecule has 0 fully saturated rings. The lowest BCUT2D eigenvalue weighted by atomic mass is 9.85. The lowest BCUT2D eigenvalue weighted by Gasteiger charge is -2.17. The van der Waals surface area contributed by atoms with Gasteiger partial charge in [-0.3, -0.25) is 9.97 Å². The van der Waals surface area contributed by atoms with Gasteiger partial charge in [-0.2, -0.15) is 14.9 Å². The van der Waals surface area contributed by atoms with Crippen LogP contribution in [-0.4, -0.2) is 32.4 Å². The highest BCUT2D eigenvalue weighted by atomic mass is 15.3. The summed E-state index contributed by atoms with van der Waals surface area (Å²) >= 11 is 0. The molecule has 2 N–H and O–H groups in total. The van der Waals surface area contributed by atoms with Gasteiger partial charge in [0.25, 0.3) is 0 Å². The number of pyridine rings is 2. The Kier molecular flexibility index (Phi) is 5.10. The third-order valence-corrected chi connectivity index (χ3v) is 5.91.